The molecule has 0 aliphatic heterocycles. The zero-order chi connectivity index (χ0) is 15.9. The van der Waals surface area contributed by atoms with Crippen molar-refractivity contribution < 1.29 is 9.52 Å². The second kappa shape index (κ2) is 13.6. The number of furan rings is 1. The zero-order valence-corrected chi connectivity index (χ0v) is 14.4. The summed E-state index contributed by atoms with van der Waals surface area (Å²) < 4.78 is 5.38. The van der Waals surface area contributed by atoms with Crippen molar-refractivity contribution >= 4 is 6.08 Å². The first kappa shape index (κ1) is 19.0. The lowest BCUT2D eigenvalue weighted by Gasteiger charge is -2.02. The molecule has 1 aromatic rings. The Balaban J connectivity index is 1.80. The van der Waals surface area contributed by atoms with E-state index in [0.717, 1.165) is 18.6 Å². The Hall–Kier alpha value is -1.02. The monoisotopic (exact) mass is 306 g/mol. The molecule has 0 spiro atoms. The molecule has 1 aromatic heterocycles. The second-order valence-electron chi connectivity index (χ2n) is 6.27. The van der Waals surface area contributed by atoms with Gasteiger partial charge in [-0.1, -0.05) is 63.9 Å². The van der Waals surface area contributed by atoms with Crippen LogP contribution in [0.1, 0.15) is 88.4 Å². The highest BCUT2D eigenvalue weighted by Crippen LogP contribution is 2.14. The molecule has 0 aliphatic carbocycles. The number of rotatable bonds is 14. The van der Waals surface area contributed by atoms with Gasteiger partial charge in [-0.2, -0.15) is 0 Å². The maximum atomic E-state index is 8.69. The Labute approximate surface area is 136 Å². The van der Waals surface area contributed by atoms with Crippen molar-refractivity contribution in [3.8, 4) is 0 Å². The molecule has 1 rings (SSSR count). The van der Waals surface area contributed by atoms with E-state index in [-0.39, 0.29) is 0 Å². The van der Waals surface area contributed by atoms with Crippen molar-refractivity contribution in [1.82, 2.24) is 0 Å². The molecule has 126 valence electrons. The van der Waals surface area contributed by atoms with Crippen LogP contribution in [0.3, 0.4) is 0 Å². The number of hydrogen-bond donors (Lipinski definition) is 1. The molecule has 22 heavy (non-hydrogen) atoms. The van der Waals surface area contributed by atoms with E-state index in [2.05, 4.69) is 19.1 Å². The fraction of sp³-hybridized carbons (Fsp3) is 0.700. The Kier molecular flexibility index (Phi) is 11.8. The smallest absolute Gasteiger partial charge is 0.129 e. The first-order valence-corrected chi connectivity index (χ1v) is 9.16. The van der Waals surface area contributed by atoms with Crippen LogP contribution in [0, 0.1) is 6.92 Å². The summed E-state index contributed by atoms with van der Waals surface area (Å²) in [6.07, 6.45) is 21.6. The van der Waals surface area contributed by atoms with Gasteiger partial charge < -0.3 is 9.52 Å². The summed E-state index contributed by atoms with van der Waals surface area (Å²) in [6.45, 7) is 2.44. The maximum absolute atomic E-state index is 8.69. The van der Waals surface area contributed by atoms with Gasteiger partial charge in [0.1, 0.15) is 5.76 Å². The van der Waals surface area contributed by atoms with E-state index in [1.54, 1.807) is 6.26 Å². The van der Waals surface area contributed by atoms with Crippen LogP contribution >= 0.6 is 0 Å². The highest BCUT2D eigenvalue weighted by atomic mass is 16.3. The van der Waals surface area contributed by atoms with E-state index < -0.39 is 0 Å². The van der Waals surface area contributed by atoms with Gasteiger partial charge in [0, 0.05) is 6.61 Å². The van der Waals surface area contributed by atoms with Crippen molar-refractivity contribution in [2.75, 3.05) is 6.61 Å². The summed E-state index contributed by atoms with van der Waals surface area (Å²) in [4.78, 5) is 0. The highest BCUT2D eigenvalue weighted by Gasteiger charge is 1.95. The summed E-state index contributed by atoms with van der Waals surface area (Å²) in [6, 6.07) is 2.01. The minimum Gasteiger partial charge on any atom is -0.465 e. The lowest BCUT2D eigenvalue weighted by Crippen LogP contribution is -1.84. The van der Waals surface area contributed by atoms with E-state index in [0.29, 0.717) is 6.61 Å². The Bertz CT molecular complexity index is 379. The molecular weight excluding hydrogens is 272 g/mol. The quantitative estimate of drug-likeness (QED) is 0.411. The third kappa shape index (κ3) is 9.83. The average molecular weight is 306 g/mol. The van der Waals surface area contributed by atoms with Crippen LogP contribution in [0.15, 0.2) is 22.8 Å². The van der Waals surface area contributed by atoms with Crippen LogP contribution in [0.4, 0.5) is 0 Å². The molecule has 0 fully saturated rings. The lowest BCUT2D eigenvalue weighted by atomic mass is 10.1. The largest absolute Gasteiger partial charge is 0.465 e. The number of unbranched alkanes of at least 4 members (excludes halogenated alkanes) is 11. The highest BCUT2D eigenvalue weighted by molar-refractivity contribution is 5.46. The molecule has 1 N–H and O–H groups in total. The predicted molar refractivity (Wildman–Crippen MR) is 95.0 cm³/mol. The summed E-state index contributed by atoms with van der Waals surface area (Å²) in [5.74, 6) is 0.999. The van der Waals surface area contributed by atoms with Crippen molar-refractivity contribution in [3.05, 3.63) is 29.7 Å². The van der Waals surface area contributed by atoms with Crippen LogP contribution < -0.4 is 0 Å². The number of allylic oxidation sites excluding steroid dienone is 1. The SMILES string of the molecule is Cc1ccoc1/C=C/CCCCCCCCCCCCCO. The molecule has 0 unspecified atom stereocenters. The van der Waals surface area contributed by atoms with Crippen LogP contribution in [-0.2, 0) is 0 Å². The van der Waals surface area contributed by atoms with Gasteiger partial charge in [-0.25, -0.2) is 0 Å². The number of aliphatic hydroxyl groups is 1. The lowest BCUT2D eigenvalue weighted by molar-refractivity contribution is 0.282. The fourth-order valence-electron chi connectivity index (χ4n) is 2.71. The van der Waals surface area contributed by atoms with Crippen molar-refractivity contribution in [2.24, 2.45) is 0 Å². The molecule has 0 bridgehead atoms. The number of hydrogen-bond acceptors (Lipinski definition) is 2. The van der Waals surface area contributed by atoms with Crippen LogP contribution in [0.25, 0.3) is 6.08 Å². The van der Waals surface area contributed by atoms with Gasteiger partial charge in [0.05, 0.1) is 6.26 Å². The zero-order valence-electron chi connectivity index (χ0n) is 14.4. The number of aliphatic hydroxyl groups excluding tert-OH is 1. The molecule has 0 atom stereocenters. The van der Waals surface area contributed by atoms with Crippen molar-refractivity contribution in [2.45, 2.75) is 84.0 Å². The third-order valence-corrected chi connectivity index (χ3v) is 4.20. The first-order chi connectivity index (χ1) is 10.8. The maximum Gasteiger partial charge on any atom is 0.129 e. The van der Waals surface area contributed by atoms with E-state index in [1.807, 2.05) is 6.07 Å². The average Bonchev–Trinajstić information content (AvgIpc) is 2.93. The second-order valence-corrected chi connectivity index (χ2v) is 6.27. The van der Waals surface area contributed by atoms with Gasteiger partial charge >= 0.3 is 0 Å². The van der Waals surface area contributed by atoms with E-state index in [9.17, 15) is 0 Å². The standard InChI is InChI=1S/C20H34O2/c1-19-16-18-22-20(19)15-13-11-9-7-5-3-2-4-6-8-10-12-14-17-21/h13,15-16,18,21H,2-12,14,17H2,1H3/b15-13+. The van der Waals surface area contributed by atoms with Gasteiger partial charge in [-0.3, -0.25) is 0 Å². The summed E-state index contributed by atoms with van der Waals surface area (Å²) in [7, 11) is 0. The van der Waals surface area contributed by atoms with Crippen LogP contribution in [0.2, 0.25) is 0 Å². The topological polar surface area (TPSA) is 33.4 Å². The van der Waals surface area contributed by atoms with Gasteiger partial charge in [-0.05, 0) is 43.9 Å². The third-order valence-electron chi connectivity index (χ3n) is 4.20. The minimum absolute atomic E-state index is 0.357. The molecule has 0 aromatic carbocycles. The van der Waals surface area contributed by atoms with Crippen molar-refractivity contribution in [3.63, 3.8) is 0 Å². The molecule has 0 radical (unpaired) electrons. The van der Waals surface area contributed by atoms with Crippen molar-refractivity contribution in [1.29, 1.82) is 0 Å². The van der Waals surface area contributed by atoms with Gasteiger partial charge in [0.25, 0.3) is 0 Å². The summed E-state index contributed by atoms with van der Waals surface area (Å²) in [5.41, 5.74) is 1.22. The fourth-order valence-corrected chi connectivity index (χ4v) is 2.71. The normalized spacial score (nSPS) is 11.5. The molecule has 0 saturated carbocycles. The van der Waals surface area contributed by atoms with Gasteiger partial charge in [0.2, 0.25) is 0 Å². The molecule has 0 saturated heterocycles. The van der Waals surface area contributed by atoms with Gasteiger partial charge in [-0.15, -0.1) is 0 Å². The van der Waals surface area contributed by atoms with Crippen LogP contribution in [0.5, 0.6) is 0 Å². The predicted octanol–water partition coefficient (Wildman–Crippen LogP) is 6.27. The van der Waals surface area contributed by atoms with Gasteiger partial charge in [0.15, 0.2) is 0 Å². The van der Waals surface area contributed by atoms with E-state index in [4.69, 9.17) is 9.52 Å². The molecule has 2 nitrogen and oxygen atoms in total. The number of aryl methyl sites for hydroxylation is 1. The summed E-state index contributed by atoms with van der Waals surface area (Å²) >= 11 is 0. The first-order valence-electron chi connectivity index (χ1n) is 9.16. The van der Waals surface area contributed by atoms with E-state index >= 15 is 0 Å². The molecule has 1 heterocycles. The Morgan fingerprint density at radius 1 is 0.864 bits per heavy atom. The summed E-state index contributed by atoms with van der Waals surface area (Å²) in [5, 5.41) is 8.69. The van der Waals surface area contributed by atoms with Crippen LogP contribution in [-0.4, -0.2) is 11.7 Å². The molecular formula is C20H34O2. The molecule has 0 amide bonds. The van der Waals surface area contributed by atoms with E-state index in [1.165, 1.54) is 69.8 Å². The molecule has 2 heteroatoms. The minimum atomic E-state index is 0.357. The Morgan fingerprint density at radius 3 is 1.91 bits per heavy atom. The molecule has 0 aliphatic rings. The Morgan fingerprint density at radius 2 is 1.41 bits per heavy atom.